The summed E-state index contributed by atoms with van der Waals surface area (Å²) in [7, 11) is -3.39. The number of amides is 2. The lowest BCUT2D eigenvalue weighted by atomic mass is 10.1. The van der Waals surface area contributed by atoms with Gasteiger partial charge >= 0.3 is 6.03 Å². The second-order valence-electron chi connectivity index (χ2n) is 6.35. The van der Waals surface area contributed by atoms with Crippen molar-refractivity contribution in [2.45, 2.75) is 13.0 Å². The van der Waals surface area contributed by atoms with Gasteiger partial charge in [0.2, 0.25) is 10.0 Å². The topological polar surface area (TPSA) is 106 Å². The number of carbonyl (C=O) groups is 1. The molecule has 0 bridgehead atoms. The summed E-state index contributed by atoms with van der Waals surface area (Å²) < 4.78 is 42.0. The van der Waals surface area contributed by atoms with Crippen molar-refractivity contribution in [1.82, 2.24) is 14.9 Å². The molecule has 2 amide bonds. The summed E-state index contributed by atoms with van der Waals surface area (Å²) in [5.74, 6) is 1.21. The summed E-state index contributed by atoms with van der Waals surface area (Å²) in [4.78, 5) is 12.1. The maximum Gasteiger partial charge on any atom is 0.315 e. The quantitative estimate of drug-likeness (QED) is 0.721. The highest BCUT2D eigenvalue weighted by atomic mass is 32.2. The van der Waals surface area contributed by atoms with Gasteiger partial charge in [-0.1, -0.05) is 6.07 Å². The smallest absolute Gasteiger partial charge is 0.315 e. The molecule has 0 spiro atoms. The molecule has 1 unspecified atom stereocenters. The Labute approximate surface area is 159 Å². The number of hydrogen-bond acceptors (Lipinski definition) is 6. The molecule has 10 heteroatoms. The fraction of sp³-hybridized carbons (Fsp3) is 0.588. The highest BCUT2D eigenvalue weighted by Crippen LogP contribution is 2.32. The van der Waals surface area contributed by atoms with E-state index in [1.165, 1.54) is 4.31 Å². The number of carbonyl (C=O) groups excluding carboxylic acids is 1. The average Bonchev–Trinajstić information content (AvgIpc) is 2.68. The molecule has 1 atom stereocenters. The van der Waals surface area contributed by atoms with Gasteiger partial charge in [0.05, 0.1) is 25.0 Å². The fourth-order valence-electron chi connectivity index (χ4n) is 2.91. The Balaban J connectivity index is 1.46. The molecular formula is C17H25N3O6S. The minimum Gasteiger partial charge on any atom is -0.486 e. The highest BCUT2D eigenvalue weighted by molar-refractivity contribution is 7.89. The number of urea groups is 1. The van der Waals surface area contributed by atoms with Gasteiger partial charge in [0.1, 0.15) is 13.2 Å². The van der Waals surface area contributed by atoms with E-state index in [4.69, 9.17) is 14.2 Å². The molecule has 1 saturated heterocycles. The molecule has 150 valence electrons. The van der Waals surface area contributed by atoms with Crippen LogP contribution in [0.2, 0.25) is 0 Å². The molecule has 1 aromatic carbocycles. The molecule has 2 aliphatic rings. The fourth-order valence-corrected chi connectivity index (χ4v) is 4.23. The normalized spacial score (nSPS) is 18.6. The van der Waals surface area contributed by atoms with Crippen LogP contribution in [0.4, 0.5) is 4.79 Å². The lowest BCUT2D eigenvalue weighted by molar-refractivity contribution is 0.0730. The lowest BCUT2D eigenvalue weighted by Gasteiger charge is -2.26. The molecule has 2 N–H and O–H groups in total. The Kier molecular flexibility index (Phi) is 6.40. The maximum absolute atomic E-state index is 12.2. The van der Waals surface area contributed by atoms with E-state index in [9.17, 15) is 13.2 Å². The van der Waals surface area contributed by atoms with Crippen LogP contribution in [0.1, 0.15) is 18.5 Å². The first-order valence-electron chi connectivity index (χ1n) is 8.95. The van der Waals surface area contributed by atoms with Gasteiger partial charge in [0.15, 0.2) is 11.5 Å². The largest absolute Gasteiger partial charge is 0.486 e. The van der Waals surface area contributed by atoms with Gasteiger partial charge in [-0.15, -0.1) is 0 Å². The Morgan fingerprint density at radius 2 is 1.85 bits per heavy atom. The lowest BCUT2D eigenvalue weighted by Crippen LogP contribution is -2.45. The van der Waals surface area contributed by atoms with Crippen LogP contribution < -0.4 is 20.1 Å². The zero-order valence-electron chi connectivity index (χ0n) is 15.3. The van der Waals surface area contributed by atoms with E-state index in [1.807, 2.05) is 25.1 Å². The molecule has 1 fully saturated rings. The number of fused-ring (bicyclic) bond motifs is 1. The molecule has 0 aliphatic carbocycles. The van der Waals surface area contributed by atoms with E-state index < -0.39 is 16.1 Å². The van der Waals surface area contributed by atoms with Gasteiger partial charge in [0, 0.05) is 19.6 Å². The van der Waals surface area contributed by atoms with E-state index in [2.05, 4.69) is 10.6 Å². The van der Waals surface area contributed by atoms with Crippen LogP contribution >= 0.6 is 0 Å². The SMILES string of the molecule is CC(NC(=O)NCCS(=O)(=O)N1CCOCC1)c1ccc2c(c1)OCCO2. The first kappa shape index (κ1) is 19.7. The zero-order chi connectivity index (χ0) is 19.3. The van der Waals surface area contributed by atoms with Crippen molar-refractivity contribution in [2.24, 2.45) is 0 Å². The Morgan fingerprint density at radius 1 is 1.15 bits per heavy atom. The number of hydrogen-bond donors (Lipinski definition) is 2. The highest BCUT2D eigenvalue weighted by Gasteiger charge is 2.24. The van der Waals surface area contributed by atoms with Gasteiger partial charge in [-0.3, -0.25) is 0 Å². The monoisotopic (exact) mass is 399 g/mol. The summed E-state index contributed by atoms with van der Waals surface area (Å²) in [6, 6.07) is 4.82. The molecule has 9 nitrogen and oxygen atoms in total. The van der Waals surface area contributed by atoms with Crippen molar-refractivity contribution in [2.75, 3.05) is 51.8 Å². The summed E-state index contributed by atoms with van der Waals surface area (Å²) >= 11 is 0. The van der Waals surface area contributed by atoms with Gasteiger partial charge in [-0.2, -0.15) is 4.31 Å². The van der Waals surface area contributed by atoms with E-state index in [0.717, 1.165) is 5.56 Å². The molecule has 1 aromatic rings. The van der Waals surface area contributed by atoms with E-state index in [0.29, 0.717) is 51.0 Å². The molecule has 0 radical (unpaired) electrons. The molecular weight excluding hydrogens is 374 g/mol. The minimum atomic E-state index is -3.39. The van der Waals surface area contributed by atoms with Crippen LogP contribution in [0.5, 0.6) is 11.5 Å². The summed E-state index contributed by atoms with van der Waals surface area (Å²) in [5.41, 5.74) is 0.871. The number of nitrogens with zero attached hydrogens (tertiary/aromatic N) is 1. The molecule has 0 saturated carbocycles. The second-order valence-corrected chi connectivity index (χ2v) is 8.44. The number of morpholine rings is 1. The van der Waals surface area contributed by atoms with Crippen LogP contribution in [0.3, 0.4) is 0 Å². The van der Waals surface area contributed by atoms with Crippen LogP contribution in [0.25, 0.3) is 0 Å². The predicted octanol–water partition coefficient (Wildman–Crippen LogP) is 0.480. The molecule has 27 heavy (non-hydrogen) atoms. The summed E-state index contributed by atoms with van der Waals surface area (Å²) in [6.45, 7) is 4.42. The van der Waals surface area contributed by atoms with E-state index >= 15 is 0 Å². The Hall–Kier alpha value is -2.04. The number of benzene rings is 1. The Bertz CT molecular complexity index is 764. The van der Waals surface area contributed by atoms with Crippen molar-refractivity contribution < 1.29 is 27.4 Å². The van der Waals surface area contributed by atoms with Crippen LogP contribution in [-0.2, 0) is 14.8 Å². The summed E-state index contributed by atoms with van der Waals surface area (Å²) in [6.07, 6.45) is 0. The third-order valence-electron chi connectivity index (χ3n) is 4.42. The van der Waals surface area contributed by atoms with E-state index in [1.54, 1.807) is 0 Å². The maximum atomic E-state index is 12.2. The number of ether oxygens (including phenoxy) is 3. The number of nitrogens with one attached hydrogen (secondary N) is 2. The first-order valence-corrected chi connectivity index (χ1v) is 10.6. The Morgan fingerprint density at radius 3 is 2.59 bits per heavy atom. The van der Waals surface area contributed by atoms with Crippen LogP contribution in [-0.4, -0.2) is 70.6 Å². The predicted molar refractivity (Wildman–Crippen MR) is 98.6 cm³/mol. The molecule has 3 rings (SSSR count). The first-order chi connectivity index (χ1) is 13.0. The second kappa shape index (κ2) is 8.77. The minimum absolute atomic E-state index is 0.0411. The van der Waals surface area contributed by atoms with Crippen LogP contribution in [0.15, 0.2) is 18.2 Å². The van der Waals surface area contributed by atoms with Crippen molar-refractivity contribution in [1.29, 1.82) is 0 Å². The van der Waals surface area contributed by atoms with Crippen molar-refractivity contribution in [3.63, 3.8) is 0 Å². The van der Waals surface area contributed by atoms with Gasteiger partial charge < -0.3 is 24.8 Å². The average molecular weight is 399 g/mol. The third kappa shape index (κ3) is 5.24. The standard InChI is InChI=1S/C17H25N3O6S/c1-13(14-2-3-15-16(12-14)26-10-9-25-15)19-17(21)18-4-11-27(22,23)20-5-7-24-8-6-20/h2-3,12-13H,4-11H2,1H3,(H2,18,19,21). The molecule has 2 aliphatic heterocycles. The zero-order valence-corrected chi connectivity index (χ0v) is 16.1. The molecule has 0 aromatic heterocycles. The third-order valence-corrected chi connectivity index (χ3v) is 6.29. The van der Waals surface area contributed by atoms with Crippen molar-refractivity contribution in [3.05, 3.63) is 23.8 Å². The van der Waals surface area contributed by atoms with E-state index in [-0.39, 0.29) is 18.3 Å². The number of rotatable bonds is 6. The van der Waals surface area contributed by atoms with Gasteiger partial charge in [-0.05, 0) is 24.6 Å². The van der Waals surface area contributed by atoms with Crippen LogP contribution in [0, 0.1) is 0 Å². The number of sulfonamides is 1. The molecule has 2 heterocycles. The summed E-state index contributed by atoms with van der Waals surface area (Å²) in [5, 5.41) is 5.39. The van der Waals surface area contributed by atoms with Gasteiger partial charge in [-0.25, -0.2) is 13.2 Å². The van der Waals surface area contributed by atoms with Crippen molar-refractivity contribution >= 4 is 16.1 Å². The van der Waals surface area contributed by atoms with Crippen molar-refractivity contribution in [3.8, 4) is 11.5 Å². The van der Waals surface area contributed by atoms with Gasteiger partial charge in [0.25, 0.3) is 0 Å².